The summed E-state index contributed by atoms with van der Waals surface area (Å²) in [5, 5.41) is 10.2. The fourth-order valence-electron chi connectivity index (χ4n) is 0.992. The second-order valence-corrected chi connectivity index (χ2v) is 4.26. The van der Waals surface area contributed by atoms with E-state index in [-0.39, 0.29) is 0 Å². The van der Waals surface area contributed by atoms with Crippen molar-refractivity contribution in [3.63, 3.8) is 0 Å². The Hall–Kier alpha value is -0.130. The summed E-state index contributed by atoms with van der Waals surface area (Å²) in [6, 6.07) is 0. The molecule has 0 aromatic carbocycles. The lowest BCUT2D eigenvalue weighted by Gasteiger charge is -2.29. The van der Waals surface area contributed by atoms with Crippen molar-refractivity contribution < 1.29 is 5.11 Å². The summed E-state index contributed by atoms with van der Waals surface area (Å²) in [6.45, 7) is 2.17. The third kappa shape index (κ3) is 1.68. The SMILES string of the molecule is C#CC1(O)CCC(C)SC1. The van der Waals surface area contributed by atoms with E-state index < -0.39 is 5.60 Å². The van der Waals surface area contributed by atoms with Gasteiger partial charge in [-0.1, -0.05) is 12.8 Å². The standard InChI is InChI=1S/C8H12OS/c1-3-8(9)5-4-7(2)10-6-8/h1,7,9H,4-6H2,2H3. The molecular weight excluding hydrogens is 144 g/mol. The number of rotatable bonds is 0. The third-order valence-electron chi connectivity index (χ3n) is 1.84. The van der Waals surface area contributed by atoms with Gasteiger partial charge in [0.25, 0.3) is 0 Å². The summed E-state index contributed by atoms with van der Waals surface area (Å²) in [5.41, 5.74) is -0.808. The van der Waals surface area contributed by atoms with E-state index in [0.717, 1.165) is 12.8 Å². The molecule has 10 heavy (non-hydrogen) atoms. The molecule has 0 aromatic heterocycles. The van der Waals surface area contributed by atoms with E-state index >= 15 is 0 Å². The smallest absolute Gasteiger partial charge is 0.134 e. The van der Waals surface area contributed by atoms with Crippen molar-refractivity contribution in [2.24, 2.45) is 0 Å². The minimum atomic E-state index is -0.808. The highest BCUT2D eigenvalue weighted by atomic mass is 32.2. The molecule has 0 aromatic rings. The van der Waals surface area contributed by atoms with Crippen LogP contribution in [0.3, 0.4) is 0 Å². The molecule has 1 rings (SSSR count). The van der Waals surface area contributed by atoms with Crippen molar-refractivity contribution in [2.75, 3.05) is 5.75 Å². The van der Waals surface area contributed by atoms with Crippen molar-refractivity contribution >= 4 is 11.8 Å². The zero-order valence-corrected chi connectivity index (χ0v) is 6.95. The van der Waals surface area contributed by atoms with E-state index in [2.05, 4.69) is 12.8 Å². The zero-order chi connectivity index (χ0) is 7.61. The Bertz CT molecular complexity index is 151. The Morgan fingerprint density at radius 1 is 1.80 bits per heavy atom. The minimum absolute atomic E-state index is 0.661. The van der Waals surface area contributed by atoms with E-state index in [0.29, 0.717) is 11.0 Å². The first-order chi connectivity index (χ1) is 4.66. The van der Waals surface area contributed by atoms with Gasteiger partial charge in [0.1, 0.15) is 5.60 Å². The molecule has 0 radical (unpaired) electrons. The first kappa shape index (κ1) is 7.97. The fraction of sp³-hybridized carbons (Fsp3) is 0.750. The highest BCUT2D eigenvalue weighted by Crippen LogP contribution is 2.31. The molecule has 1 aliphatic rings. The minimum Gasteiger partial charge on any atom is -0.377 e. The van der Waals surface area contributed by atoms with Crippen LogP contribution in [0.2, 0.25) is 0 Å². The molecular formula is C8H12OS. The maximum Gasteiger partial charge on any atom is 0.134 e. The Balaban J connectivity index is 2.48. The Kier molecular flexibility index (Phi) is 2.28. The van der Waals surface area contributed by atoms with Crippen molar-refractivity contribution in [1.29, 1.82) is 0 Å². The average Bonchev–Trinajstić information content (AvgIpc) is 1.96. The predicted molar refractivity (Wildman–Crippen MR) is 44.9 cm³/mol. The number of hydrogen-bond acceptors (Lipinski definition) is 2. The summed E-state index contributed by atoms with van der Waals surface area (Å²) >= 11 is 1.76. The molecule has 1 aliphatic heterocycles. The van der Waals surface area contributed by atoms with Crippen LogP contribution in [0.4, 0.5) is 0 Å². The Labute approximate surface area is 66.2 Å². The molecule has 2 heteroatoms. The van der Waals surface area contributed by atoms with Crippen LogP contribution < -0.4 is 0 Å². The summed E-state index contributed by atoms with van der Waals surface area (Å²) in [5.74, 6) is 3.13. The van der Waals surface area contributed by atoms with Gasteiger partial charge in [0.2, 0.25) is 0 Å². The van der Waals surface area contributed by atoms with E-state index in [4.69, 9.17) is 6.42 Å². The highest BCUT2D eigenvalue weighted by Gasteiger charge is 2.29. The van der Waals surface area contributed by atoms with Crippen LogP contribution in [-0.4, -0.2) is 21.7 Å². The van der Waals surface area contributed by atoms with Gasteiger partial charge in [0, 0.05) is 11.0 Å². The molecule has 0 amide bonds. The average molecular weight is 156 g/mol. The summed E-state index contributed by atoms with van der Waals surface area (Å²) in [7, 11) is 0. The zero-order valence-electron chi connectivity index (χ0n) is 6.13. The molecule has 0 aliphatic carbocycles. The van der Waals surface area contributed by atoms with Gasteiger partial charge in [-0.3, -0.25) is 0 Å². The van der Waals surface area contributed by atoms with Crippen molar-refractivity contribution in [2.45, 2.75) is 30.6 Å². The number of hydrogen-bond donors (Lipinski definition) is 1. The van der Waals surface area contributed by atoms with Crippen LogP contribution in [-0.2, 0) is 0 Å². The van der Waals surface area contributed by atoms with Crippen molar-refractivity contribution in [1.82, 2.24) is 0 Å². The normalized spacial score (nSPS) is 40.7. The Morgan fingerprint density at radius 3 is 2.90 bits per heavy atom. The van der Waals surface area contributed by atoms with Crippen molar-refractivity contribution in [3.05, 3.63) is 0 Å². The van der Waals surface area contributed by atoms with E-state index in [9.17, 15) is 5.11 Å². The lowest BCUT2D eigenvalue weighted by molar-refractivity contribution is 0.111. The lowest BCUT2D eigenvalue weighted by Crippen LogP contribution is -2.34. The van der Waals surface area contributed by atoms with Gasteiger partial charge in [-0.25, -0.2) is 0 Å². The number of aliphatic hydroxyl groups is 1. The molecule has 1 N–H and O–H groups in total. The lowest BCUT2D eigenvalue weighted by atomic mass is 9.99. The number of thioether (sulfide) groups is 1. The molecule has 0 spiro atoms. The first-order valence-electron chi connectivity index (χ1n) is 3.48. The Morgan fingerprint density at radius 2 is 2.50 bits per heavy atom. The van der Waals surface area contributed by atoms with Crippen LogP contribution in [0.5, 0.6) is 0 Å². The second kappa shape index (κ2) is 2.86. The summed E-state index contributed by atoms with van der Waals surface area (Å²) in [4.78, 5) is 0. The molecule has 2 unspecified atom stereocenters. The first-order valence-corrected chi connectivity index (χ1v) is 4.53. The van der Waals surface area contributed by atoms with Crippen LogP contribution in [0, 0.1) is 12.3 Å². The van der Waals surface area contributed by atoms with Crippen LogP contribution in [0.1, 0.15) is 19.8 Å². The maximum absolute atomic E-state index is 9.54. The second-order valence-electron chi connectivity index (χ2n) is 2.84. The molecule has 0 bridgehead atoms. The van der Waals surface area contributed by atoms with Gasteiger partial charge >= 0.3 is 0 Å². The van der Waals surface area contributed by atoms with E-state index in [1.807, 2.05) is 0 Å². The van der Waals surface area contributed by atoms with Crippen molar-refractivity contribution in [3.8, 4) is 12.3 Å². The van der Waals surface area contributed by atoms with Crippen LogP contribution in [0.15, 0.2) is 0 Å². The van der Waals surface area contributed by atoms with Gasteiger partial charge in [0.05, 0.1) is 0 Å². The molecule has 0 saturated carbocycles. The van der Waals surface area contributed by atoms with E-state index in [1.54, 1.807) is 11.8 Å². The summed E-state index contributed by atoms with van der Waals surface area (Å²) < 4.78 is 0. The molecule has 1 heterocycles. The molecule has 2 atom stereocenters. The van der Waals surface area contributed by atoms with Crippen LogP contribution in [0.25, 0.3) is 0 Å². The molecule has 1 saturated heterocycles. The maximum atomic E-state index is 9.54. The summed E-state index contributed by atoms with van der Waals surface area (Å²) in [6.07, 6.45) is 6.96. The van der Waals surface area contributed by atoms with Gasteiger partial charge in [-0.2, -0.15) is 11.8 Å². The van der Waals surface area contributed by atoms with E-state index in [1.165, 1.54) is 0 Å². The van der Waals surface area contributed by atoms with Gasteiger partial charge in [-0.05, 0) is 12.8 Å². The predicted octanol–water partition coefficient (Wildman–Crippen LogP) is 1.27. The molecule has 56 valence electrons. The molecule has 1 fully saturated rings. The topological polar surface area (TPSA) is 20.2 Å². The quantitative estimate of drug-likeness (QED) is 0.533. The molecule has 1 nitrogen and oxygen atoms in total. The highest BCUT2D eigenvalue weighted by molar-refractivity contribution is 8.00. The van der Waals surface area contributed by atoms with Gasteiger partial charge in [0.15, 0.2) is 0 Å². The third-order valence-corrected chi connectivity index (χ3v) is 3.29. The number of terminal acetylenes is 1. The monoisotopic (exact) mass is 156 g/mol. The largest absolute Gasteiger partial charge is 0.377 e. The van der Waals surface area contributed by atoms with Gasteiger partial charge < -0.3 is 5.11 Å². The van der Waals surface area contributed by atoms with Gasteiger partial charge in [-0.15, -0.1) is 6.42 Å². The fourth-order valence-corrected chi connectivity index (χ4v) is 2.06. The van der Waals surface area contributed by atoms with Crippen LogP contribution >= 0.6 is 11.8 Å².